The van der Waals surface area contributed by atoms with Gasteiger partial charge in [0.1, 0.15) is 0 Å². The van der Waals surface area contributed by atoms with Crippen molar-refractivity contribution in [1.29, 1.82) is 0 Å². The Balaban J connectivity index is 1.79. The summed E-state index contributed by atoms with van der Waals surface area (Å²) < 4.78 is 27.9. The molecule has 1 heterocycles. The zero-order chi connectivity index (χ0) is 18.9. The molecule has 26 heavy (non-hydrogen) atoms. The van der Waals surface area contributed by atoms with Gasteiger partial charge in [-0.15, -0.1) is 0 Å². The standard InChI is InChI=1S/C19H23N3O3S/c1-13-4-3-5-18(14(13)2)21-26(24,25)17-8-6-15(7-9-17)19(23)22-11-10-16(20)12-22/h3-9,16,21H,10-12,20H2,1-2H3/t16-/m1/s1. The van der Waals surface area contributed by atoms with Crippen LogP contribution in [-0.2, 0) is 10.0 Å². The number of nitrogens with one attached hydrogen (secondary N) is 1. The fraction of sp³-hybridized carbons (Fsp3) is 0.316. The third kappa shape index (κ3) is 3.73. The Morgan fingerprint density at radius 1 is 1.15 bits per heavy atom. The molecule has 138 valence electrons. The lowest BCUT2D eigenvalue weighted by molar-refractivity contribution is 0.0791. The number of benzene rings is 2. The van der Waals surface area contributed by atoms with Crippen LogP contribution in [0.4, 0.5) is 5.69 Å². The van der Waals surface area contributed by atoms with E-state index < -0.39 is 10.0 Å². The van der Waals surface area contributed by atoms with Crippen LogP contribution in [0.2, 0.25) is 0 Å². The van der Waals surface area contributed by atoms with Crippen LogP contribution >= 0.6 is 0 Å². The molecule has 2 aromatic carbocycles. The number of anilines is 1. The quantitative estimate of drug-likeness (QED) is 0.860. The second kappa shape index (κ2) is 7.09. The van der Waals surface area contributed by atoms with Gasteiger partial charge in [0.2, 0.25) is 0 Å². The van der Waals surface area contributed by atoms with Crippen molar-refractivity contribution in [2.24, 2.45) is 5.73 Å². The maximum absolute atomic E-state index is 12.6. The molecule has 3 rings (SSSR count). The van der Waals surface area contributed by atoms with E-state index in [2.05, 4.69) is 4.72 Å². The molecule has 0 unspecified atom stereocenters. The molecular formula is C19H23N3O3S. The number of hydrogen-bond acceptors (Lipinski definition) is 4. The summed E-state index contributed by atoms with van der Waals surface area (Å²) in [6.45, 7) is 4.97. The molecule has 1 atom stereocenters. The number of nitrogens with two attached hydrogens (primary N) is 1. The number of carbonyl (C=O) groups excluding carboxylic acids is 1. The zero-order valence-corrected chi connectivity index (χ0v) is 15.7. The maximum Gasteiger partial charge on any atom is 0.261 e. The molecule has 1 fully saturated rings. The molecule has 0 radical (unpaired) electrons. The van der Waals surface area contributed by atoms with Crippen molar-refractivity contribution >= 4 is 21.6 Å². The summed E-state index contributed by atoms with van der Waals surface area (Å²) in [5, 5.41) is 0. The van der Waals surface area contributed by atoms with Crippen LogP contribution in [0.15, 0.2) is 47.4 Å². The molecule has 1 aliphatic rings. The van der Waals surface area contributed by atoms with E-state index in [4.69, 9.17) is 5.73 Å². The largest absolute Gasteiger partial charge is 0.337 e. The van der Waals surface area contributed by atoms with Crippen molar-refractivity contribution in [3.63, 3.8) is 0 Å². The monoisotopic (exact) mass is 373 g/mol. The number of aryl methyl sites for hydroxylation is 1. The SMILES string of the molecule is Cc1cccc(NS(=O)(=O)c2ccc(C(=O)N3CC[C@@H](N)C3)cc2)c1C. The lowest BCUT2D eigenvalue weighted by Crippen LogP contribution is -2.31. The molecule has 0 spiro atoms. The first-order valence-electron chi connectivity index (χ1n) is 8.52. The molecule has 3 N–H and O–H groups in total. The molecule has 0 bridgehead atoms. The number of amides is 1. The predicted molar refractivity (Wildman–Crippen MR) is 102 cm³/mol. The number of rotatable bonds is 4. The Morgan fingerprint density at radius 2 is 1.85 bits per heavy atom. The Bertz CT molecular complexity index is 924. The summed E-state index contributed by atoms with van der Waals surface area (Å²) in [6, 6.07) is 11.5. The minimum atomic E-state index is -3.72. The highest BCUT2D eigenvalue weighted by Crippen LogP contribution is 2.22. The summed E-state index contributed by atoms with van der Waals surface area (Å²) in [6.07, 6.45) is 0.790. The molecule has 6 nitrogen and oxygen atoms in total. The van der Waals surface area contributed by atoms with Crippen molar-refractivity contribution in [3.05, 3.63) is 59.2 Å². The fourth-order valence-electron chi connectivity index (χ4n) is 3.00. The van der Waals surface area contributed by atoms with E-state index in [9.17, 15) is 13.2 Å². The van der Waals surface area contributed by atoms with Crippen molar-refractivity contribution in [2.45, 2.75) is 31.2 Å². The Labute approximate surface area is 154 Å². The third-order valence-electron chi connectivity index (χ3n) is 4.77. The minimum Gasteiger partial charge on any atom is -0.337 e. The highest BCUT2D eigenvalue weighted by molar-refractivity contribution is 7.92. The first kappa shape index (κ1) is 18.4. The fourth-order valence-corrected chi connectivity index (χ4v) is 4.12. The van der Waals surface area contributed by atoms with E-state index in [1.165, 1.54) is 12.1 Å². The van der Waals surface area contributed by atoms with Crippen LogP contribution in [0.25, 0.3) is 0 Å². The van der Waals surface area contributed by atoms with Crippen molar-refractivity contribution in [3.8, 4) is 0 Å². The average Bonchev–Trinajstić information content (AvgIpc) is 3.05. The molecule has 1 amide bonds. The molecule has 7 heteroatoms. The molecule has 1 saturated heterocycles. The summed E-state index contributed by atoms with van der Waals surface area (Å²) >= 11 is 0. The topological polar surface area (TPSA) is 92.5 Å². The first-order chi connectivity index (χ1) is 12.3. The van der Waals surface area contributed by atoms with Crippen molar-refractivity contribution in [1.82, 2.24) is 4.90 Å². The van der Waals surface area contributed by atoms with Gasteiger partial charge >= 0.3 is 0 Å². The molecule has 1 aliphatic heterocycles. The van der Waals surface area contributed by atoms with E-state index in [-0.39, 0.29) is 16.8 Å². The number of hydrogen-bond donors (Lipinski definition) is 2. The van der Waals surface area contributed by atoms with Gasteiger partial charge in [-0.1, -0.05) is 12.1 Å². The highest BCUT2D eigenvalue weighted by Gasteiger charge is 2.25. The molecule has 0 saturated carbocycles. The van der Waals surface area contributed by atoms with Crippen LogP contribution < -0.4 is 10.5 Å². The van der Waals surface area contributed by atoms with Gasteiger partial charge in [-0.3, -0.25) is 9.52 Å². The van der Waals surface area contributed by atoms with Crippen LogP contribution in [0.5, 0.6) is 0 Å². The smallest absolute Gasteiger partial charge is 0.261 e. The maximum atomic E-state index is 12.6. The van der Waals surface area contributed by atoms with Gasteiger partial charge in [0.15, 0.2) is 0 Å². The molecule has 0 aliphatic carbocycles. The van der Waals surface area contributed by atoms with Gasteiger partial charge in [0, 0.05) is 24.7 Å². The minimum absolute atomic E-state index is 0.0142. The second-order valence-corrected chi connectivity index (χ2v) is 8.36. The lowest BCUT2D eigenvalue weighted by Gasteiger charge is -2.16. The first-order valence-corrected chi connectivity index (χ1v) is 10.0. The molecule has 0 aromatic heterocycles. The summed E-state index contributed by atoms with van der Waals surface area (Å²) in [7, 11) is -3.72. The predicted octanol–water partition coefficient (Wildman–Crippen LogP) is 2.28. The van der Waals surface area contributed by atoms with Crippen LogP contribution in [-0.4, -0.2) is 38.4 Å². The van der Waals surface area contributed by atoms with E-state index in [1.54, 1.807) is 23.1 Å². The van der Waals surface area contributed by atoms with E-state index >= 15 is 0 Å². The molecular weight excluding hydrogens is 350 g/mol. The van der Waals surface area contributed by atoms with Crippen molar-refractivity contribution in [2.75, 3.05) is 17.8 Å². The second-order valence-electron chi connectivity index (χ2n) is 6.68. The number of nitrogens with zero attached hydrogens (tertiary/aromatic N) is 1. The van der Waals surface area contributed by atoms with Gasteiger partial charge in [-0.2, -0.15) is 0 Å². The van der Waals surface area contributed by atoms with Gasteiger partial charge in [0.05, 0.1) is 10.6 Å². The van der Waals surface area contributed by atoms with Crippen molar-refractivity contribution < 1.29 is 13.2 Å². The van der Waals surface area contributed by atoms with Gasteiger partial charge in [-0.25, -0.2) is 8.42 Å². The lowest BCUT2D eigenvalue weighted by atomic mass is 10.1. The van der Waals surface area contributed by atoms with E-state index in [0.717, 1.165) is 17.5 Å². The summed E-state index contributed by atoms with van der Waals surface area (Å²) in [5.41, 5.74) is 8.74. The Hall–Kier alpha value is -2.38. The number of carbonyl (C=O) groups is 1. The summed E-state index contributed by atoms with van der Waals surface area (Å²) in [4.78, 5) is 14.2. The number of likely N-dealkylation sites (tertiary alicyclic amines) is 1. The molecule has 2 aromatic rings. The highest BCUT2D eigenvalue weighted by atomic mass is 32.2. The van der Waals surface area contributed by atoms with Crippen LogP contribution in [0, 0.1) is 13.8 Å². The zero-order valence-electron chi connectivity index (χ0n) is 14.9. The average molecular weight is 373 g/mol. The van der Waals surface area contributed by atoms with Crippen LogP contribution in [0.3, 0.4) is 0 Å². The third-order valence-corrected chi connectivity index (χ3v) is 6.15. The normalized spacial score (nSPS) is 17.3. The van der Waals surface area contributed by atoms with Gasteiger partial charge in [-0.05, 0) is 61.7 Å². The Morgan fingerprint density at radius 3 is 2.46 bits per heavy atom. The van der Waals surface area contributed by atoms with E-state index in [1.807, 2.05) is 26.0 Å². The van der Waals surface area contributed by atoms with Gasteiger partial charge < -0.3 is 10.6 Å². The van der Waals surface area contributed by atoms with E-state index in [0.29, 0.717) is 24.3 Å². The summed E-state index contributed by atoms with van der Waals surface area (Å²) in [5.74, 6) is -0.121. The van der Waals surface area contributed by atoms with Crippen LogP contribution in [0.1, 0.15) is 27.9 Å². The number of sulfonamides is 1. The van der Waals surface area contributed by atoms with Gasteiger partial charge in [0.25, 0.3) is 15.9 Å². The Kier molecular flexibility index (Phi) is 5.02.